The third kappa shape index (κ3) is 5.03. The van der Waals surface area contributed by atoms with E-state index >= 15 is 0 Å². The molecule has 1 heterocycles. The van der Waals surface area contributed by atoms with Crippen molar-refractivity contribution < 1.29 is 14.3 Å². The quantitative estimate of drug-likeness (QED) is 0.266. The van der Waals surface area contributed by atoms with Gasteiger partial charge in [-0.25, -0.2) is 0 Å². The van der Waals surface area contributed by atoms with Gasteiger partial charge < -0.3 is 4.74 Å². The van der Waals surface area contributed by atoms with Gasteiger partial charge in [0.05, 0.1) is 5.69 Å². The number of rotatable bonds is 4. The number of para-hydroxylation sites is 1. The molecule has 0 spiro atoms. The number of amides is 2. The first-order valence-electron chi connectivity index (χ1n) is 10.7. The average Bonchev–Trinajstić information content (AvgIpc) is 2.78. The minimum Gasteiger partial charge on any atom is -0.457 e. The lowest BCUT2D eigenvalue weighted by Crippen LogP contribution is -2.54. The molecule has 1 aliphatic heterocycles. The van der Waals surface area contributed by atoms with Crippen LogP contribution in [0.5, 0.6) is 11.5 Å². The number of anilines is 1. The van der Waals surface area contributed by atoms with Crippen molar-refractivity contribution in [2.45, 2.75) is 26.2 Å². The van der Waals surface area contributed by atoms with E-state index in [1.54, 1.807) is 36.4 Å². The monoisotopic (exact) mass is 490 g/mol. The molecule has 0 saturated carbocycles. The van der Waals surface area contributed by atoms with Crippen LogP contribution < -0.4 is 15.0 Å². The molecule has 172 valence electrons. The first kappa shape index (κ1) is 23.7. The Kier molecular flexibility index (Phi) is 6.55. The third-order valence-electron chi connectivity index (χ3n) is 5.35. The van der Waals surface area contributed by atoms with Crippen LogP contribution in [0, 0.1) is 0 Å². The maximum Gasteiger partial charge on any atom is 0.270 e. The van der Waals surface area contributed by atoms with Crippen LogP contribution in [0.25, 0.3) is 6.08 Å². The van der Waals surface area contributed by atoms with Gasteiger partial charge in [-0.3, -0.25) is 19.8 Å². The van der Waals surface area contributed by atoms with Gasteiger partial charge in [0, 0.05) is 10.6 Å². The molecule has 34 heavy (non-hydrogen) atoms. The van der Waals surface area contributed by atoms with E-state index in [0.717, 1.165) is 0 Å². The second-order valence-electron chi connectivity index (χ2n) is 8.85. The van der Waals surface area contributed by atoms with Crippen LogP contribution in [0.15, 0.2) is 78.4 Å². The Hall–Kier alpha value is -3.48. The van der Waals surface area contributed by atoms with Crippen LogP contribution in [0.3, 0.4) is 0 Å². The summed E-state index contributed by atoms with van der Waals surface area (Å²) in [6.45, 7) is 6.45. The Morgan fingerprint density at radius 1 is 0.941 bits per heavy atom. The van der Waals surface area contributed by atoms with Crippen LogP contribution >= 0.6 is 23.8 Å². The number of halogens is 1. The van der Waals surface area contributed by atoms with Gasteiger partial charge in [0.2, 0.25) is 0 Å². The molecule has 2 amide bonds. The lowest BCUT2D eigenvalue weighted by atomic mass is 9.87. The Balaban J connectivity index is 1.66. The van der Waals surface area contributed by atoms with Crippen molar-refractivity contribution in [2.24, 2.45) is 0 Å². The highest BCUT2D eigenvalue weighted by Gasteiger charge is 2.34. The SMILES string of the molecule is CC(C)(C)c1ccc(Oc2ccccc2/C=C2/C(=O)NC(=S)N(c3ccc(Cl)cc3)C2=O)cc1. The van der Waals surface area contributed by atoms with Gasteiger partial charge in [0.15, 0.2) is 5.11 Å². The summed E-state index contributed by atoms with van der Waals surface area (Å²) in [6, 6.07) is 21.7. The van der Waals surface area contributed by atoms with E-state index in [-0.39, 0.29) is 16.1 Å². The van der Waals surface area contributed by atoms with Gasteiger partial charge in [-0.2, -0.15) is 0 Å². The molecule has 0 aliphatic carbocycles. The minimum atomic E-state index is -0.565. The first-order chi connectivity index (χ1) is 16.1. The maximum atomic E-state index is 13.3. The smallest absolute Gasteiger partial charge is 0.270 e. The van der Waals surface area contributed by atoms with Crippen molar-refractivity contribution >= 4 is 52.5 Å². The van der Waals surface area contributed by atoms with Crippen molar-refractivity contribution in [1.82, 2.24) is 5.32 Å². The van der Waals surface area contributed by atoms with Crippen molar-refractivity contribution in [2.75, 3.05) is 4.90 Å². The van der Waals surface area contributed by atoms with Gasteiger partial charge in [-0.05, 0) is 71.7 Å². The van der Waals surface area contributed by atoms with E-state index in [4.69, 9.17) is 28.6 Å². The molecule has 1 N–H and O–H groups in total. The number of hydrogen-bond acceptors (Lipinski definition) is 4. The van der Waals surface area contributed by atoms with Gasteiger partial charge in [-0.15, -0.1) is 0 Å². The number of nitrogens with zero attached hydrogens (tertiary/aromatic N) is 1. The van der Waals surface area contributed by atoms with Crippen LogP contribution in [-0.2, 0) is 15.0 Å². The summed E-state index contributed by atoms with van der Waals surface area (Å²) in [6.07, 6.45) is 1.52. The predicted molar refractivity (Wildman–Crippen MR) is 139 cm³/mol. The topological polar surface area (TPSA) is 58.6 Å². The Bertz CT molecular complexity index is 1290. The molecule has 1 saturated heterocycles. The van der Waals surface area contributed by atoms with Gasteiger partial charge in [-0.1, -0.05) is 62.7 Å². The summed E-state index contributed by atoms with van der Waals surface area (Å²) in [5.74, 6) is 0.0810. The maximum absolute atomic E-state index is 13.3. The largest absolute Gasteiger partial charge is 0.457 e. The van der Waals surface area contributed by atoms with E-state index < -0.39 is 11.8 Å². The van der Waals surface area contributed by atoms with Crippen molar-refractivity contribution in [1.29, 1.82) is 0 Å². The molecule has 0 unspecified atom stereocenters. The van der Waals surface area contributed by atoms with Gasteiger partial charge >= 0.3 is 0 Å². The number of hydrogen-bond donors (Lipinski definition) is 1. The van der Waals surface area contributed by atoms with Crippen LogP contribution in [0.2, 0.25) is 5.02 Å². The van der Waals surface area contributed by atoms with E-state index in [2.05, 4.69) is 26.1 Å². The molecule has 4 rings (SSSR count). The normalized spacial score (nSPS) is 15.5. The zero-order chi connectivity index (χ0) is 24.5. The lowest BCUT2D eigenvalue weighted by molar-refractivity contribution is -0.122. The molecule has 3 aromatic carbocycles. The highest BCUT2D eigenvalue weighted by Crippen LogP contribution is 2.31. The molecule has 5 nitrogen and oxygen atoms in total. The molecule has 7 heteroatoms. The van der Waals surface area contributed by atoms with Gasteiger partial charge in [0.1, 0.15) is 17.1 Å². The molecule has 0 atom stereocenters. The second kappa shape index (κ2) is 9.41. The Morgan fingerprint density at radius 2 is 1.59 bits per heavy atom. The third-order valence-corrected chi connectivity index (χ3v) is 5.89. The van der Waals surface area contributed by atoms with Crippen LogP contribution in [0.4, 0.5) is 5.69 Å². The number of carbonyl (C=O) groups excluding carboxylic acids is 2. The van der Waals surface area contributed by atoms with E-state index in [1.165, 1.54) is 16.5 Å². The fourth-order valence-corrected chi connectivity index (χ4v) is 3.89. The standard InChI is InChI=1S/C27H23ClN2O3S/c1-27(2,3)18-8-14-21(15-9-18)33-23-7-5-4-6-17(23)16-22-24(31)29-26(34)30(25(22)32)20-12-10-19(28)11-13-20/h4-16H,1-3H3,(H,29,31,34)/b22-16-. The zero-order valence-corrected chi connectivity index (χ0v) is 20.5. The number of benzene rings is 3. The average molecular weight is 491 g/mol. The predicted octanol–water partition coefficient (Wildman–Crippen LogP) is 6.26. The van der Waals surface area contributed by atoms with Gasteiger partial charge in [0.25, 0.3) is 11.8 Å². The molecule has 0 radical (unpaired) electrons. The summed E-state index contributed by atoms with van der Waals surface area (Å²) >= 11 is 11.2. The fourth-order valence-electron chi connectivity index (χ4n) is 3.48. The highest BCUT2D eigenvalue weighted by atomic mass is 35.5. The molecule has 0 aromatic heterocycles. The number of ether oxygens (including phenoxy) is 1. The van der Waals surface area contributed by atoms with Crippen molar-refractivity contribution in [3.63, 3.8) is 0 Å². The fraction of sp³-hybridized carbons (Fsp3) is 0.148. The summed E-state index contributed by atoms with van der Waals surface area (Å²) in [7, 11) is 0. The first-order valence-corrected chi connectivity index (χ1v) is 11.5. The van der Waals surface area contributed by atoms with Crippen molar-refractivity contribution in [3.05, 3.63) is 94.5 Å². The molecule has 1 aliphatic rings. The summed E-state index contributed by atoms with van der Waals surface area (Å²) in [5.41, 5.74) is 2.27. The molecular weight excluding hydrogens is 468 g/mol. The van der Waals surface area contributed by atoms with E-state index in [9.17, 15) is 9.59 Å². The molecule has 0 bridgehead atoms. The van der Waals surface area contributed by atoms with E-state index in [0.29, 0.717) is 27.8 Å². The number of nitrogens with one attached hydrogen (secondary N) is 1. The van der Waals surface area contributed by atoms with Crippen molar-refractivity contribution in [3.8, 4) is 11.5 Å². The lowest BCUT2D eigenvalue weighted by Gasteiger charge is -2.29. The number of carbonyl (C=O) groups is 2. The molecule has 1 fully saturated rings. The molecular formula is C27H23ClN2O3S. The van der Waals surface area contributed by atoms with Crippen LogP contribution in [-0.4, -0.2) is 16.9 Å². The summed E-state index contributed by atoms with van der Waals surface area (Å²) in [4.78, 5) is 27.2. The minimum absolute atomic E-state index is 0.0120. The Morgan fingerprint density at radius 3 is 2.24 bits per heavy atom. The molecule has 3 aromatic rings. The van der Waals surface area contributed by atoms with E-state index in [1.807, 2.05) is 36.4 Å². The second-order valence-corrected chi connectivity index (χ2v) is 9.67. The number of thiocarbonyl (C=S) groups is 1. The zero-order valence-electron chi connectivity index (χ0n) is 19.0. The Labute approximate surface area is 209 Å². The highest BCUT2D eigenvalue weighted by molar-refractivity contribution is 7.80. The van der Waals surface area contributed by atoms with Crippen LogP contribution in [0.1, 0.15) is 31.9 Å². The summed E-state index contributed by atoms with van der Waals surface area (Å²) < 4.78 is 6.09. The summed E-state index contributed by atoms with van der Waals surface area (Å²) in [5, 5.41) is 3.13.